The van der Waals surface area contributed by atoms with E-state index in [-0.39, 0.29) is 16.3 Å². The van der Waals surface area contributed by atoms with Gasteiger partial charge in [0, 0.05) is 24.5 Å². The summed E-state index contributed by atoms with van der Waals surface area (Å²) in [5.41, 5.74) is 2.84. The maximum atomic E-state index is 12.6. The van der Waals surface area contributed by atoms with E-state index in [0.717, 1.165) is 24.3 Å². The number of nitrogens with zero attached hydrogens (tertiary/aromatic N) is 2. The van der Waals surface area contributed by atoms with E-state index in [1.807, 2.05) is 25.1 Å². The molecule has 10 heteroatoms. The molecule has 1 atom stereocenters. The quantitative estimate of drug-likeness (QED) is 0.729. The minimum atomic E-state index is -3.93. The number of ether oxygens (including phenoxy) is 1. The molecule has 9 nitrogen and oxygen atoms in total. The van der Waals surface area contributed by atoms with Gasteiger partial charge in [0.05, 0.1) is 19.3 Å². The van der Waals surface area contributed by atoms with E-state index >= 15 is 0 Å². The van der Waals surface area contributed by atoms with Crippen molar-refractivity contribution in [3.05, 3.63) is 35.2 Å². The summed E-state index contributed by atoms with van der Waals surface area (Å²) in [6.07, 6.45) is 0. The highest BCUT2D eigenvalue weighted by Gasteiger charge is 2.28. The predicted octanol–water partition coefficient (Wildman–Crippen LogP) is 1.74. The Hall–Kier alpha value is -2.43. The summed E-state index contributed by atoms with van der Waals surface area (Å²) in [5, 5.41) is 6.44. The second kappa shape index (κ2) is 8.52. The number of anilines is 2. The molecule has 2 aromatic rings. The molecule has 0 radical (unpaired) electrons. The van der Waals surface area contributed by atoms with Crippen LogP contribution in [0.2, 0.25) is 0 Å². The zero-order valence-corrected chi connectivity index (χ0v) is 17.8. The number of aryl methyl sites for hydroxylation is 3. The number of aromatic nitrogens is 1. The van der Waals surface area contributed by atoms with E-state index < -0.39 is 22.0 Å². The van der Waals surface area contributed by atoms with Crippen molar-refractivity contribution in [3.8, 4) is 0 Å². The van der Waals surface area contributed by atoms with Crippen molar-refractivity contribution < 1.29 is 22.5 Å². The van der Waals surface area contributed by atoms with Crippen LogP contribution in [0.25, 0.3) is 0 Å². The lowest BCUT2D eigenvalue weighted by Gasteiger charge is -2.29. The van der Waals surface area contributed by atoms with E-state index in [9.17, 15) is 13.2 Å². The molecule has 1 fully saturated rings. The third-order valence-corrected chi connectivity index (χ3v) is 6.59. The molecule has 0 bridgehead atoms. The lowest BCUT2D eigenvalue weighted by molar-refractivity contribution is -0.117. The van der Waals surface area contributed by atoms with Crippen molar-refractivity contribution in [1.29, 1.82) is 0 Å². The summed E-state index contributed by atoms with van der Waals surface area (Å²) in [4.78, 5) is 14.8. The average Bonchev–Trinajstić information content (AvgIpc) is 3.02. The molecule has 1 aliphatic heterocycles. The van der Waals surface area contributed by atoms with E-state index in [2.05, 4.69) is 20.1 Å². The van der Waals surface area contributed by atoms with Crippen LogP contribution in [0.3, 0.4) is 0 Å². The van der Waals surface area contributed by atoms with Crippen LogP contribution in [0.1, 0.15) is 23.9 Å². The third-order valence-electron chi connectivity index (χ3n) is 4.81. The zero-order chi connectivity index (χ0) is 21.2. The van der Waals surface area contributed by atoms with Crippen molar-refractivity contribution in [2.75, 3.05) is 36.5 Å². The molecular formula is C19H26N4O5S. The first kappa shape index (κ1) is 21.3. The number of benzene rings is 1. The summed E-state index contributed by atoms with van der Waals surface area (Å²) in [6.45, 7) is 9.48. The number of hydrogen-bond donors (Lipinski definition) is 2. The molecule has 0 unspecified atom stereocenters. The summed E-state index contributed by atoms with van der Waals surface area (Å²) >= 11 is 0. The fourth-order valence-electron chi connectivity index (χ4n) is 3.25. The maximum Gasteiger partial charge on any atom is 0.246 e. The van der Waals surface area contributed by atoms with Crippen LogP contribution >= 0.6 is 0 Å². The molecule has 1 aromatic carbocycles. The van der Waals surface area contributed by atoms with Gasteiger partial charge in [0.15, 0.2) is 5.76 Å². The predicted molar refractivity (Wildman–Crippen MR) is 109 cm³/mol. The summed E-state index contributed by atoms with van der Waals surface area (Å²) in [5.74, 6) is -0.278. The van der Waals surface area contributed by atoms with E-state index in [1.54, 1.807) is 0 Å². The van der Waals surface area contributed by atoms with Crippen molar-refractivity contribution in [3.63, 3.8) is 0 Å². The third kappa shape index (κ3) is 4.77. The molecule has 3 rings (SSSR count). The number of rotatable bonds is 6. The summed E-state index contributed by atoms with van der Waals surface area (Å²) in [7, 11) is -3.93. The van der Waals surface area contributed by atoms with Crippen LogP contribution in [0.15, 0.2) is 27.6 Å². The summed E-state index contributed by atoms with van der Waals surface area (Å²) < 4.78 is 37.8. The number of sulfonamides is 1. The number of nitrogens with one attached hydrogen (secondary N) is 2. The average molecular weight is 423 g/mol. The van der Waals surface area contributed by atoms with E-state index in [1.165, 1.54) is 20.8 Å². The molecule has 158 valence electrons. The minimum Gasteiger partial charge on any atom is -0.378 e. The van der Waals surface area contributed by atoms with Gasteiger partial charge in [-0.15, -0.1) is 0 Å². The molecule has 0 spiro atoms. The fraction of sp³-hybridized carbons (Fsp3) is 0.474. The van der Waals surface area contributed by atoms with Crippen molar-refractivity contribution >= 4 is 27.3 Å². The molecule has 2 heterocycles. The van der Waals surface area contributed by atoms with Crippen LogP contribution in [0, 0.1) is 20.8 Å². The van der Waals surface area contributed by atoms with Gasteiger partial charge in [-0.1, -0.05) is 5.16 Å². The second-order valence-electron chi connectivity index (χ2n) is 7.08. The molecule has 0 saturated carbocycles. The normalized spacial score (nSPS) is 15.9. The monoisotopic (exact) mass is 422 g/mol. The number of hydrogen-bond acceptors (Lipinski definition) is 7. The molecule has 1 amide bonds. The highest BCUT2D eigenvalue weighted by atomic mass is 32.2. The molecule has 0 aliphatic carbocycles. The lowest BCUT2D eigenvalue weighted by atomic mass is 10.1. The highest BCUT2D eigenvalue weighted by molar-refractivity contribution is 7.89. The highest BCUT2D eigenvalue weighted by Crippen LogP contribution is 2.24. The van der Waals surface area contributed by atoms with Gasteiger partial charge in [-0.05, 0) is 51.5 Å². The molecule has 29 heavy (non-hydrogen) atoms. The van der Waals surface area contributed by atoms with Gasteiger partial charge in [-0.25, -0.2) is 8.42 Å². The van der Waals surface area contributed by atoms with Crippen LogP contribution in [-0.4, -0.2) is 51.8 Å². The number of carbonyl (C=O) groups is 1. The second-order valence-corrected chi connectivity index (χ2v) is 8.73. The van der Waals surface area contributed by atoms with E-state index in [0.29, 0.717) is 18.9 Å². The fourth-order valence-corrected chi connectivity index (χ4v) is 4.78. The smallest absolute Gasteiger partial charge is 0.246 e. The van der Waals surface area contributed by atoms with Crippen LogP contribution < -0.4 is 14.9 Å². The Morgan fingerprint density at radius 3 is 2.48 bits per heavy atom. The maximum absolute atomic E-state index is 12.6. The molecule has 1 aliphatic rings. The Bertz CT molecular complexity index is 977. The molecule has 2 N–H and O–H groups in total. The first-order valence-electron chi connectivity index (χ1n) is 9.38. The Balaban J connectivity index is 1.68. The molecule has 1 aromatic heterocycles. The first-order valence-corrected chi connectivity index (χ1v) is 10.9. The molecular weight excluding hydrogens is 396 g/mol. The van der Waals surface area contributed by atoms with Crippen LogP contribution in [-0.2, 0) is 19.6 Å². The number of carbonyl (C=O) groups excluding carboxylic acids is 1. The lowest BCUT2D eigenvalue weighted by Crippen LogP contribution is -2.41. The van der Waals surface area contributed by atoms with Gasteiger partial charge < -0.3 is 19.5 Å². The standard InChI is InChI=1S/C19H26N4O5S/c1-12-11-16(23-7-9-27-10-8-23)5-6-17(12)20-19(24)14(3)22-29(25,26)18-13(2)21-28-15(18)4/h5-6,11,14,22H,7-10H2,1-4H3,(H,20,24)/t14-/m0/s1. The first-order chi connectivity index (χ1) is 13.7. The van der Waals surface area contributed by atoms with E-state index in [4.69, 9.17) is 9.26 Å². The van der Waals surface area contributed by atoms with Gasteiger partial charge in [-0.2, -0.15) is 4.72 Å². The van der Waals surface area contributed by atoms with Gasteiger partial charge in [0.2, 0.25) is 15.9 Å². The van der Waals surface area contributed by atoms with Gasteiger partial charge >= 0.3 is 0 Å². The molecule has 1 saturated heterocycles. The SMILES string of the molecule is Cc1cc(N2CCOCC2)ccc1NC(=O)[C@H](C)NS(=O)(=O)c1c(C)noc1C. The Morgan fingerprint density at radius 2 is 1.90 bits per heavy atom. The summed E-state index contributed by atoms with van der Waals surface area (Å²) in [6, 6.07) is 4.78. The van der Waals surface area contributed by atoms with Gasteiger partial charge in [0.25, 0.3) is 0 Å². The van der Waals surface area contributed by atoms with Crippen molar-refractivity contribution in [2.24, 2.45) is 0 Å². The largest absolute Gasteiger partial charge is 0.378 e. The Labute approximate surface area is 170 Å². The zero-order valence-electron chi connectivity index (χ0n) is 17.0. The number of morpholine rings is 1. The van der Waals surface area contributed by atoms with Gasteiger partial charge in [0.1, 0.15) is 10.6 Å². The van der Waals surface area contributed by atoms with Crippen LogP contribution in [0.5, 0.6) is 0 Å². The van der Waals surface area contributed by atoms with Crippen molar-refractivity contribution in [1.82, 2.24) is 9.88 Å². The van der Waals surface area contributed by atoms with Crippen LogP contribution in [0.4, 0.5) is 11.4 Å². The van der Waals surface area contributed by atoms with Gasteiger partial charge in [-0.3, -0.25) is 4.79 Å². The topological polar surface area (TPSA) is 114 Å². The number of amides is 1. The minimum absolute atomic E-state index is 0.0387. The Morgan fingerprint density at radius 1 is 1.21 bits per heavy atom. The van der Waals surface area contributed by atoms with Crippen molar-refractivity contribution in [2.45, 2.75) is 38.6 Å². The Kier molecular flexibility index (Phi) is 6.25.